The average Bonchev–Trinajstić information content (AvgIpc) is 2.32. The predicted molar refractivity (Wildman–Crippen MR) is 68.2 cm³/mol. The number of likely N-dealkylation sites (N-methyl/N-ethyl adjacent to an activating group) is 2. The van der Waals surface area contributed by atoms with Crippen molar-refractivity contribution < 1.29 is 17.3 Å². The molecule has 0 radical (unpaired) electrons. The number of halogens is 1. The van der Waals surface area contributed by atoms with E-state index < -0.39 is 0 Å². The van der Waals surface area contributed by atoms with E-state index in [1.165, 1.54) is 0 Å². The van der Waals surface area contributed by atoms with Gasteiger partial charge in [-0.25, -0.2) is 0 Å². The van der Waals surface area contributed by atoms with Crippen LogP contribution >= 0.6 is 9.69 Å². The van der Waals surface area contributed by atoms with Crippen LogP contribution in [-0.4, -0.2) is 51.1 Å². The molecule has 0 N–H and O–H groups in total. The second-order valence-corrected chi connectivity index (χ2v) is 3.68. The van der Waals surface area contributed by atoms with Crippen LogP contribution in [0.25, 0.3) is 0 Å². The number of rotatable bonds is 3. The fourth-order valence-corrected chi connectivity index (χ4v) is 0.742. The van der Waals surface area contributed by atoms with Crippen molar-refractivity contribution in [2.24, 2.45) is 0 Å². The Labute approximate surface area is 114 Å². The van der Waals surface area contributed by atoms with Gasteiger partial charge < -0.3 is 9.80 Å². The molecule has 0 spiro atoms. The van der Waals surface area contributed by atoms with Gasteiger partial charge in [0.05, 0.1) is 0 Å². The Balaban J connectivity index is 0. The van der Waals surface area contributed by atoms with E-state index >= 15 is 0 Å². The van der Waals surface area contributed by atoms with Gasteiger partial charge in [-0.2, -0.15) is 36.4 Å². The Morgan fingerprint density at radius 1 is 0.875 bits per heavy atom. The number of benzene rings is 1. The quantitative estimate of drug-likeness (QED) is 0.623. The summed E-state index contributed by atoms with van der Waals surface area (Å²) in [6.07, 6.45) is 0. The standard InChI is InChI=1S/C6H16N2.C6H5.ClH.Zn/c1-7(2)5-6-8(3)4;1-2-4-6-5-3-1;;/h5-6H2,1-4H3;1-5H;1H;/q;-1;;+2/p-1. The third-order valence-corrected chi connectivity index (χ3v) is 1.60. The van der Waals surface area contributed by atoms with Gasteiger partial charge in [0.2, 0.25) is 0 Å². The zero-order valence-corrected chi connectivity index (χ0v) is 14.5. The number of hydrogen-bond acceptors (Lipinski definition) is 2. The summed E-state index contributed by atoms with van der Waals surface area (Å²) in [5.74, 6) is 0. The van der Waals surface area contributed by atoms with Crippen LogP contribution in [0.1, 0.15) is 0 Å². The van der Waals surface area contributed by atoms with Gasteiger partial charge in [-0.1, -0.05) is 0 Å². The van der Waals surface area contributed by atoms with Crippen LogP contribution in [-0.2, 0) is 17.3 Å². The van der Waals surface area contributed by atoms with E-state index in [9.17, 15) is 0 Å². The maximum atomic E-state index is 4.76. The van der Waals surface area contributed by atoms with Gasteiger partial charge in [0.25, 0.3) is 0 Å². The summed E-state index contributed by atoms with van der Waals surface area (Å²) < 4.78 is 0. The molecule has 0 aliphatic heterocycles. The van der Waals surface area contributed by atoms with Gasteiger partial charge in [-0.05, 0) is 28.2 Å². The van der Waals surface area contributed by atoms with Crippen LogP contribution in [0.4, 0.5) is 0 Å². The predicted octanol–water partition coefficient (Wildman–Crippen LogP) is 2.28. The Kier molecular flexibility index (Phi) is 17.3. The van der Waals surface area contributed by atoms with Crippen molar-refractivity contribution in [3.8, 4) is 0 Å². The van der Waals surface area contributed by atoms with Crippen molar-refractivity contribution in [2.75, 3.05) is 41.3 Å². The molecule has 16 heavy (non-hydrogen) atoms. The minimum absolute atomic E-state index is 0.847. The van der Waals surface area contributed by atoms with E-state index in [0.717, 1.165) is 30.4 Å². The van der Waals surface area contributed by atoms with Crippen LogP contribution in [0.15, 0.2) is 30.3 Å². The zero-order valence-electron chi connectivity index (χ0n) is 10.8. The molecule has 1 rings (SSSR count). The van der Waals surface area contributed by atoms with E-state index in [1.807, 2.05) is 30.3 Å². The minimum atomic E-state index is 0.847. The summed E-state index contributed by atoms with van der Waals surface area (Å²) in [6.45, 7) is 2.29. The fraction of sp³-hybridized carbons (Fsp3) is 0.500. The van der Waals surface area contributed by atoms with Crippen molar-refractivity contribution in [3.63, 3.8) is 0 Å². The molecule has 0 aliphatic rings. The molecule has 0 saturated heterocycles. The van der Waals surface area contributed by atoms with Crippen LogP contribution < -0.4 is 0 Å². The second kappa shape index (κ2) is 15.1. The zero-order chi connectivity index (χ0) is 12.8. The molecule has 0 fully saturated rings. The Morgan fingerprint density at radius 2 is 1.25 bits per heavy atom. The maximum absolute atomic E-state index is 4.76. The summed E-state index contributed by atoms with van der Waals surface area (Å²) in [4.78, 5) is 4.36. The third kappa shape index (κ3) is 19.6. The molecule has 0 unspecified atom stereocenters. The van der Waals surface area contributed by atoms with Gasteiger partial charge in [-0.15, -0.1) is 0 Å². The van der Waals surface area contributed by atoms with E-state index in [2.05, 4.69) is 44.1 Å². The SMILES string of the molecule is CN(C)CCN(C)C.[Cl][Zn+].[c-]1ccccc1. The van der Waals surface area contributed by atoms with Crippen molar-refractivity contribution in [1.29, 1.82) is 0 Å². The first-order valence-electron chi connectivity index (χ1n) is 5.10. The third-order valence-electron chi connectivity index (χ3n) is 1.60. The average molecular weight is 294 g/mol. The molecule has 0 bridgehead atoms. The Bertz CT molecular complexity index is 171. The first kappa shape index (κ1) is 18.4. The molecular weight excluding hydrogens is 273 g/mol. The van der Waals surface area contributed by atoms with Gasteiger partial charge in [0.1, 0.15) is 0 Å². The van der Waals surface area contributed by atoms with Gasteiger partial charge in [-0.3, -0.25) is 0 Å². The van der Waals surface area contributed by atoms with Gasteiger partial charge in [0.15, 0.2) is 0 Å². The Morgan fingerprint density at radius 3 is 1.38 bits per heavy atom. The molecule has 4 heteroatoms. The fourth-order valence-electron chi connectivity index (χ4n) is 0.742. The van der Waals surface area contributed by atoms with Crippen LogP contribution in [0.5, 0.6) is 0 Å². The number of nitrogens with zero attached hydrogens (tertiary/aromatic N) is 2. The van der Waals surface area contributed by atoms with Crippen molar-refractivity contribution in [1.82, 2.24) is 9.80 Å². The summed E-state index contributed by atoms with van der Waals surface area (Å²) in [7, 11) is 13.1. The van der Waals surface area contributed by atoms with E-state index in [-0.39, 0.29) is 0 Å². The first-order chi connectivity index (χ1) is 7.63. The largest absolute Gasteiger partial charge is 0.184 e. The summed E-state index contributed by atoms with van der Waals surface area (Å²) in [5, 5.41) is 0. The van der Waals surface area contributed by atoms with Crippen molar-refractivity contribution >= 4 is 9.69 Å². The molecular formula is C12H21ClN2Zn. The normalized spacial score (nSPS) is 9.06. The summed E-state index contributed by atoms with van der Waals surface area (Å²) >= 11 is 0.847. The number of hydrogen-bond donors (Lipinski definition) is 0. The maximum Gasteiger partial charge on any atom is -0.171 e. The summed E-state index contributed by atoms with van der Waals surface area (Å²) in [6, 6.07) is 12.5. The first-order valence-corrected chi connectivity index (χ1v) is 9.00. The molecule has 2 nitrogen and oxygen atoms in total. The molecule has 1 aromatic carbocycles. The monoisotopic (exact) mass is 292 g/mol. The van der Waals surface area contributed by atoms with Crippen LogP contribution in [0.2, 0.25) is 0 Å². The molecule has 0 heterocycles. The Hall–Kier alpha value is 0.0534. The van der Waals surface area contributed by atoms with Crippen LogP contribution in [0.3, 0.4) is 0 Å². The molecule has 0 aromatic heterocycles. The topological polar surface area (TPSA) is 6.48 Å². The molecule has 88 valence electrons. The van der Waals surface area contributed by atoms with E-state index in [4.69, 9.17) is 9.69 Å². The summed E-state index contributed by atoms with van der Waals surface area (Å²) in [5.41, 5.74) is 0. The molecule has 1 aromatic rings. The molecule has 0 saturated carbocycles. The second-order valence-electron chi connectivity index (χ2n) is 3.68. The molecule has 0 aliphatic carbocycles. The molecule has 0 amide bonds. The van der Waals surface area contributed by atoms with E-state index in [0.29, 0.717) is 0 Å². The molecule has 0 atom stereocenters. The van der Waals surface area contributed by atoms with E-state index in [1.54, 1.807) is 0 Å². The van der Waals surface area contributed by atoms with Crippen LogP contribution in [0, 0.1) is 6.07 Å². The van der Waals surface area contributed by atoms with Crippen molar-refractivity contribution in [3.05, 3.63) is 36.4 Å². The van der Waals surface area contributed by atoms with Crippen molar-refractivity contribution in [2.45, 2.75) is 0 Å². The smallest absolute Gasteiger partial charge is 0.171 e. The van der Waals surface area contributed by atoms with Gasteiger partial charge in [0, 0.05) is 13.1 Å². The minimum Gasteiger partial charge on any atom is -0.184 e. The van der Waals surface area contributed by atoms with Gasteiger partial charge >= 0.3 is 27.0 Å².